The highest BCUT2D eigenvalue weighted by atomic mass is 32.1. The van der Waals surface area contributed by atoms with Gasteiger partial charge in [0.2, 0.25) is 5.91 Å². The number of piperazine rings is 1. The Balaban J connectivity index is 1.23. The summed E-state index contributed by atoms with van der Waals surface area (Å²) in [5, 5.41) is 0.821. The molecule has 0 spiro atoms. The topological polar surface area (TPSA) is 39.7 Å². The third kappa shape index (κ3) is 4.11. The number of aromatic nitrogens is 1. The zero-order valence-corrected chi connectivity index (χ0v) is 18.6. The highest BCUT2D eigenvalue weighted by molar-refractivity contribution is 7.22. The number of thiazole rings is 1. The number of aryl methyl sites for hydroxylation is 1. The number of hydrogen-bond donors (Lipinski definition) is 0. The van der Waals surface area contributed by atoms with E-state index in [1.54, 1.807) is 6.07 Å². The van der Waals surface area contributed by atoms with E-state index in [-0.39, 0.29) is 17.6 Å². The Kier molecular flexibility index (Phi) is 5.52. The Morgan fingerprint density at radius 3 is 2.65 bits per heavy atom. The fraction of sp³-hybridized carbons (Fsp3) is 0.417. The number of rotatable bonds is 3. The first-order chi connectivity index (χ1) is 15.1. The van der Waals surface area contributed by atoms with E-state index in [0.717, 1.165) is 55.4 Å². The van der Waals surface area contributed by atoms with E-state index in [4.69, 9.17) is 0 Å². The molecule has 7 heteroatoms. The molecule has 2 saturated heterocycles. The van der Waals surface area contributed by atoms with Crippen molar-refractivity contribution in [3.63, 3.8) is 0 Å². The van der Waals surface area contributed by atoms with E-state index < -0.39 is 0 Å². The molecule has 0 N–H and O–H groups in total. The van der Waals surface area contributed by atoms with Crippen LogP contribution < -0.4 is 9.80 Å². The summed E-state index contributed by atoms with van der Waals surface area (Å²) in [5.41, 5.74) is 2.93. The van der Waals surface area contributed by atoms with Crippen LogP contribution in [0.4, 0.5) is 15.2 Å². The molecule has 0 saturated carbocycles. The maximum atomic E-state index is 14.1. The van der Waals surface area contributed by atoms with Crippen LogP contribution in [-0.4, -0.2) is 55.1 Å². The first-order valence-electron chi connectivity index (χ1n) is 11.0. The normalized spacial score (nSPS) is 19.8. The van der Waals surface area contributed by atoms with Gasteiger partial charge in [0.05, 0.1) is 10.6 Å². The van der Waals surface area contributed by atoms with Gasteiger partial charge in [0, 0.05) is 45.0 Å². The number of fused-ring (bicyclic) bond motifs is 1. The number of halogens is 1. The second-order valence-electron chi connectivity index (χ2n) is 8.52. The van der Waals surface area contributed by atoms with Crippen LogP contribution in [0.5, 0.6) is 0 Å². The van der Waals surface area contributed by atoms with Gasteiger partial charge >= 0.3 is 0 Å². The van der Waals surface area contributed by atoms with Gasteiger partial charge in [-0.25, -0.2) is 9.37 Å². The van der Waals surface area contributed by atoms with Crippen molar-refractivity contribution in [1.82, 2.24) is 9.88 Å². The van der Waals surface area contributed by atoms with Crippen molar-refractivity contribution in [3.05, 3.63) is 53.8 Å². The van der Waals surface area contributed by atoms with E-state index >= 15 is 0 Å². The predicted molar refractivity (Wildman–Crippen MR) is 124 cm³/mol. The van der Waals surface area contributed by atoms with E-state index in [1.165, 1.54) is 28.7 Å². The zero-order valence-electron chi connectivity index (χ0n) is 17.8. The monoisotopic (exact) mass is 438 g/mol. The molecule has 3 aromatic rings. The smallest absolute Gasteiger partial charge is 0.227 e. The fourth-order valence-corrected chi connectivity index (χ4v) is 5.67. The highest BCUT2D eigenvalue weighted by Gasteiger charge is 2.32. The largest absolute Gasteiger partial charge is 0.368 e. The molecule has 1 atom stereocenters. The molecular weight excluding hydrogens is 411 g/mol. The number of nitrogens with zero attached hydrogens (tertiary/aromatic N) is 4. The van der Waals surface area contributed by atoms with Crippen molar-refractivity contribution in [3.8, 4) is 0 Å². The summed E-state index contributed by atoms with van der Waals surface area (Å²) < 4.78 is 14.9. The Labute approximate surface area is 186 Å². The molecule has 0 aliphatic carbocycles. The molecule has 31 heavy (non-hydrogen) atoms. The van der Waals surface area contributed by atoms with Crippen LogP contribution >= 0.6 is 11.3 Å². The van der Waals surface area contributed by atoms with Gasteiger partial charge in [-0.15, -0.1) is 0 Å². The van der Waals surface area contributed by atoms with Gasteiger partial charge in [-0.3, -0.25) is 4.79 Å². The Morgan fingerprint density at radius 2 is 1.87 bits per heavy atom. The lowest BCUT2D eigenvalue weighted by molar-refractivity contribution is -0.136. The number of anilines is 2. The number of benzene rings is 2. The predicted octanol–water partition coefficient (Wildman–Crippen LogP) is 4.31. The van der Waals surface area contributed by atoms with Crippen molar-refractivity contribution in [2.45, 2.75) is 19.8 Å². The molecule has 1 amide bonds. The maximum Gasteiger partial charge on any atom is 0.227 e. The minimum absolute atomic E-state index is 0.0175. The van der Waals surface area contributed by atoms with Crippen molar-refractivity contribution < 1.29 is 9.18 Å². The van der Waals surface area contributed by atoms with Crippen molar-refractivity contribution in [2.24, 2.45) is 5.92 Å². The zero-order chi connectivity index (χ0) is 21.4. The van der Waals surface area contributed by atoms with E-state index in [2.05, 4.69) is 46.0 Å². The molecule has 1 aromatic heterocycles. The quantitative estimate of drug-likeness (QED) is 0.611. The maximum absolute atomic E-state index is 14.1. The van der Waals surface area contributed by atoms with E-state index in [1.807, 2.05) is 11.0 Å². The lowest BCUT2D eigenvalue weighted by Gasteiger charge is -2.39. The van der Waals surface area contributed by atoms with E-state index in [0.29, 0.717) is 12.1 Å². The number of para-hydroxylation sites is 1. The number of piperidine rings is 1. The number of carbonyl (C=O) groups excluding carboxylic acids is 1. The number of hydrogen-bond acceptors (Lipinski definition) is 5. The minimum Gasteiger partial charge on any atom is -0.368 e. The molecule has 0 bridgehead atoms. The molecular formula is C24H27FN4OS. The summed E-state index contributed by atoms with van der Waals surface area (Å²) in [6, 6.07) is 13.6. The molecule has 162 valence electrons. The van der Waals surface area contributed by atoms with Crippen LogP contribution in [0.25, 0.3) is 10.2 Å². The highest BCUT2D eigenvalue weighted by Crippen LogP contribution is 2.33. The third-order valence-electron chi connectivity index (χ3n) is 6.36. The molecule has 5 nitrogen and oxygen atoms in total. The molecule has 1 unspecified atom stereocenters. The lowest BCUT2D eigenvalue weighted by Crippen LogP contribution is -2.52. The van der Waals surface area contributed by atoms with Crippen LogP contribution in [0, 0.1) is 18.7 Å². The van der Waals surface area contributed by atoms with Gasteiger partial charge in [-0.05, 0) is 49.6 Å². The number of carbonyl (C=O) groups is 1. The Bertz CT molecular complexity index is 1090. The van der Waals surface area contributed by atoms with Crippen LogP contribution in [0.15, 0.2) is 42.5 Å². The first kappa shape index (κ1) is 20.2. The minimum atomic E-state index is -0.281. The van der Waals surface area contributed by atoms with Gasteiger partial charge in [0.25, 0.3) is 0 Å². The van der Waals surface area contributed by atoms with Gasteiger partial charge in [-0.2, -0.15) is 0 Å². The summed E-state index contributed by atoms with van der Waals surface area (Å²) in [6.07, 6.45) is 1.87. The van der Waals surface area contributed by atoms with E-state index in [9.17, 15) is 9.18 Å². The molecule has 2 aliphatic rings. The van der Waals surface area contributed by atoms with Gasteiger partial charge < -0.3 is 14.7 Å². The SMILES string of the molecule is Cc1cccc(N2CCN(C(=O)C3CCCN(c4nc5c(F)cccc5s4)C3)CC2)c1. The van der Waals surface area contributed by atoms with Crippen molar-refractivity contribution in [1.29, 1.82) is 0 Å². The number of amides is 1. The summed E-state index contributed by atoms with van der Waals surface area (Å²) in [5.74, 6) is -0.0480. The molecule has 2 fully saturated rings. The second-order valence-corrected chi connectivity index (χ2v) is 9.53. The van der Waals surface area contributed by atoms with Crippen molar-refractivity contribution in [2.75, 3.05) is 49.1 Å². The Morgan fingerprint density at radius 1 is 1.06 bits per heavy atom. The second kappa shape index (κ2) is 8.46. The average Bonchev–Trinajstić information content (AvgIpc) is 3.25. The van der Waals surface area contributed by atoms with Gasteiger partial charge in [0.15, 0.2) is 5.13 Å². The summed E-state index contributed by atoms with van der Waals surface area (Å²) >= 11 is 1.51. The standard InChI is InChI=1S/C24H27FN4OS/c1-17-5-2-7-19(15-17)27-11-13-28(14-12-27)23(30)18-6-4-10-29(16-18)24-26-22-20(25)8-3-9-21(22)31-24/h2-3,5,7-9,15,18H,4,6,10-14,16H2,1H3. The van der Waals surface area contributed by atoms with Crippen LogP contribution in [-0.2, 0) is 4.79 Å². The molecule has 2 aliphatic heterocycles. The summed E-state index contributed by atoms with van der Waals surface area (Å²) in [6.45, 7) is 6.89. The fourth-order valence-electron chi connectivity index (χ4n) is 4.66. The summed E-state index contributed by atoms with van der Waals surface area (Å²) in [7, 11) is 0. The van der Waals surface area contributed by atoms with Gasteiger partial charge in [0.1, 0.15) is 11.3 Å². The summed E-state index contributed by atoms with van der Waals surface area (Å²) in [4.78, 5) is 24.3. The van der Waals surface area contributed by atoms with Crippen molar-refractivity contribution >= 4 is 38.3 Å². The lowest BCUT2D eigenvalue weighted by atomic mass is 9.96. The Hall–Kier alpha value is -2.67. The van der Waals surface area contributed by atoms with Crippen LogP contribution in [0.3, 0.4) is 0 Å². The van der Waals surface area contributed by atoms with Crippen LogP contribution in [0.1, 0.15) is 18.4 Å². The molecule has 5 rings (SSSR count). The van der Waals surface area contributed by atoms with Crippen LogP contribution in [0.2, 0.25) is 0 Å². The molecule has 3 heterocycles. The van der Waals surface area contributed by atoms with Gasteiger partial charge in [-0.1, -0.05) is 29.5 Å². The average molecular weight is 439 g/mol. The molecule has 0 radical (unpaired) electrons. The third-order valence-corrected chi connectivity index (χ3v) is 7.44. The molecule has 2 aromatic carbocycles. The first-order valence-corrected chi connectivity index (χ1v) is 11.8.